The summed E-state index contributed by atoms with van der Waals surface area (Å²) in [4.78, 5) is 12.2. The minimum Gasteiger partial charge on any atom is -0.481 e. The fourth-order valence-electron chi connectivity index (χ4n) is 2.27. The summed E-state index contributed by atoms with van der Waals surface area (Å²) in [6.07, 6.45) is 2.74. The van der Waals surface area contributed by atoms with Crippen LogP contribution in [0.1, 0.15) is 23.6 Å². The van der Waals surface area contributed by atoms with Crippen LogP contribution in [0.4, 0.5) is 0 Å². The largest absolute Gasteiger partial charge is 0.481 e. The van der Waals surface area contributed by atoms with Crippen molar-refractivity contribution in [1.82, 2.24) is 5.32 Å². The van der Waals surface area contributed by atoms with Crippen LogP contribution in [0.3, 0.4) is 0 Å². The fraction of sp³-hybridized carbons (Fsp3) is 0.462. The van der Waals surface area contributed by atoms with E-state index in [0.717, 1.165) is 0 Å². The van der Waals surface area contributed by atoms with E-state index >= 15 is 0 Å². The third-order valence-corrected chi connectivity index (χ3v) is 4.04. The van der Waals surface area contributed by atoms with Crippen molar-refractivity contribution in [3.63, 3.8) is 0 Å². The van der Waals surface area contributed by atoms with Crippen molar-refractivity contribution < 1.29 is 9.90 Å². The zero-order valence-electron chi connectivity index (χ0n) is 10.1. The molecule has 2 unspecified atom stereocenters. The molecule has 2 N–H and O–H groups in total. The molecular formula is C13H17NO2S. The van der Waals surface area contributed by atoms with Crippen LogP contribution in [0, 0.1) is 12.8 Å². The number of carbonyl (C=O) groups is 1. The predicted octanol–water partition coefficient (Wildman–Crippen LogP) is 2.45. The molecule has 1 saturated heterocycles. The zero-order valence-corrected chi connectivity index (χ0v) is 10.9. The summed E-state index contributed by atoms with van der Waals surface area (Å²) in [5, 5.41) is 12.3. The van der Waals surface area contributed by atoms with Crippen molar-refractivity contribution in [3.8, 4) is 0 Å². The van der Waals surface area contributed by atoms with Crippen LogP contribution in [0.5, 0.6) is 0 Å². The number of carboxylic acids is 1. The Hall–Kier alpha value is -1.00. The molecule has 0 amide bonds. The number of thioether (sulfide) groups is 1. The van der Waals surface area contributed by atoms with E-state index in [1.54, 1.807) is 11.8 Å². The number of benzene rings is 1. The number of aliphatic carboxylic acids is 1. The highest BCUT2D eigenvalue weighted by atomic mass is 32.2. The van der Waals surface area contributed by atoms with Crippen molar-refractivity contribution in [1.29, 1.82) is 0 Å². The minimum atomic E-state index is -0.696. The van der Waals surface area contributed by atoms with E-state index in [1.165, 1.54) is 16.0 Å². The van der Waals surface area contributed by atoms with Gasteiger partial charge in [0.1, 0.15) is 0 Å². The zero-order chi connectivity index (χ0) is 12.4. The van der Waals surface area contributed by atoms with Crippen molar-refractivity contribution in [2.24, 2.45) is 5.92 Å². The number of hydrogen-bond acceptors (Lipinski definition) is 3. The Morgan fingerprint density at radius 3 is 2.88 bits per heavy atom. The molecule has 92 valence electrons. The fourth-order valence-corrected chi connectivity index (χ4v) is 3.02. The van der Waals surface area contributed by atoms with Gasteiger partial charge in [-0.3, -0.25) is 4.79 Å². The standard InChI is InChI=1S/C13H17NO2S/c1-8-3-4-10(12(5-8)17-2)11-6-9(7-14-11)13(15)16/h3-5,9,11,14H,6-7H2,1-2H3,(H,15,16). The second-order valence-corrected chi connectivity index (χ2v) is 5.33. The van der Waals surface area contributed by atoms with E-state index in [9.17, 15) is 4.79 Å². The maximum absolute atomic E-state index is 10.9. The number of nitrogens with one attached hydrogen (secondary N) is 1. The molecule has 1 aromatic rings. The lowest BCUT2D eigenvalue weighted by molar-refractivity contribution is -0.141. The number of hydrogen-bond donors (Lipinski definition) is 2. The number of aryl methyl sites for hydroxylation is 1. The number of carboxylic acid groups (broad SMARTS) is 1. The van der Waals surface area contributed by atoms with Gasteiger partial charge in [-0.05, 0) is 36.8 Å². The lowest BCUT2D eigenvalue weighted by Gasteiger charge is -2.15. The number of rotatable bonds is 3. The molecule has 0 aliphatic carbocycles. The molecule has 0 saturated carbocycles. The van der Waals surface area contributed by atoms with Crippen LogP contribution in [-0.4, -0.2) is 23.9 Å². The Morgan fingerprint density at radius 2 is 2.29 bits per heavy atom. The molecule has 4 heteroatoms. The van der Waals surface area contributed by atoms with Crippen LogP contribution < -0.4 is 5.32 Å². The van der Waals surface area contributed by atoms with E-state index in [1.807, 2.05) is 0 Å². The SMILES string of the molecule is CSc1cc(C)ccc1C1CC(C(=O)O)CN1. The molecule has 3 nitrogen and oxygen atoms in total. The van der Waals surface area contributed by atoms with Crippen LogP contribution in [0.25, 0.3) is 0 Å². The molecule has 0 aromatic heterocycles. The topological polar surface area (TPSA) is 49.3 Å². The molecule has 1 fully saturated rings. The van der Waals surface area contributed by atoms with Crippen molar-refractivity contribution in [2.45, 2.75) is 24.3 Å². The van der Waals surface area contributed by atoms with Crippen molar-refractivity contribution in [2.75, 3.05) is 12.8 Å². The Kier molecular flexibility index (Phi) is 3.74. The maximum atomic E-state index is 10.9. The Labute approximate surface area is 106 Å². The van der Waals surface area contributed by atoms with Gasteiger partial charge < -0.3 is 10.4 Å². The third-order valence-electron chi connectivity index (χ3n) is 3.24. The molecule has 1 aliphatic heterocycles. The summed E-state index contributed by atoms with van der Waals surface area (Å²) < 4.78 is 0. The predicted molar refractivity (Wildman–Crippen MR) is 69.4 cm³/mol. The highest BCUT2D eigenvalue weighted by molar-refractivity contribution is 7.98. The lowest BCUT2D eigenvalue weighted by Crippen LogP contribution is -2.17. The van der Waals surface area contributed by atoms with Gasteiger partial charge in [-0.15, -0.1) is 11.8 Å². The average Bonchev–Trinajstić information content (AvgIpc) is 2.78. The molecule has 0 radical (unpaired) electrons. The molecule has 0 spiro atoms. The summed E-state index contributed by atoms with van der Waals surface area (Å²) in [7, 11) is 0. The second kappa shape index (κ2) is 5.10. The Bertz CT molecular complexity index is 433. The molecule has 0 bridgehead atoms. The highest BCUT2D eigenvalue weighted by Crippen LogP contribution is 2.33. The summed E-state index contributed by atoms with van der Waals surface area (Å²) in [6, 6.07) is 6.54. The van der Waals surface area contributed by atoms with Crippen molar-refractivity contribution >= 4 is 17.7 Å². The van der Waals surface area contributed by atoms with Gasteiger partial charge >= 0.3 is 5.97 Å². The molecular weight excluding hydrogens is 234 g/mol. The Balaban J connectivity index is 2.21. The van der Waals surface area contributed by atoms with Gasteiger partial charge in [0.05, 0.1) is 5.92 Å². The molecule has 1 heterocycles. The van der Waals surface area contributed by atoms with Gasteiger partial charge in [0.15, 0.2) is 0 Å². The lowest BCUT2D eigenvalue weighted by atomic mass is 9.99. The summed E-state index contributed by atoms with van der Waals surface area (Å²) in [6.45, 7) is 2.65. The van der Waals surface area contributed by atoms with Gasteiger partial charge in [-0.25, -0.2) is 0 Å². The quantitative estimate of drug-likeness (QED) is 0.810. The van der Waals surface area contributed by atoms with E-state index in [0.29, 0.717) is 13.0 Å². The molecule has 1 aromatic carbocycles. The first-order valence-electron chi connectivity index (χ1n) is 5.72. The van der Waals surface area contributed by atoms with Crippen molar-refractivity contribution in [3.05, 3.63) is 29.3 Å². The van der Waals surface area contributed by atoms with Crippen LogP contribution in [0.15, 0.2) is 23.1 Å². The van der Waals surface area contributed by atoms with E-state index in [2.05, 4.69) is 36.7 Å². The molecule has 2 rings (SSSR count). The van der Waals surface area contributed by atoms with E-state index < -0.39 is 5.97 Å². The second-order valence-electron chi connectivity index (χ2n) is 4.48. The summed E-state index contributed by atoms with van der Waals surface area (Å²) in [5.74, 6) is -0.950. The van der Waals surface area contributed by atoms with E-state index in [-0.39, 0.29) is 12.0 Å². The van der Waals surface area contributed by atoms with Gasteiger partial charge in [0, 0.05) is 17.5 Å². The highest BCUT2D eigenvalue weighted by Gasteiger charge is 2.31. The van der Waals surface area contributed by atoms with Gasteiger partial charge in [-0.1, -0.05) is 12.1 Å². The smallest absolute Gasteiger partial charge is 0.307 e. The third kappa shape index (κ3) is 2.64. The monoisotopic (exact) mass is 251 g/mol. The van der Waals surface area contributed by atoms with Gasteiger partial charge in [-0.2, -0.15) is 0 Å². The van der Waals surface area contributed by atoms with Crippen LogP contribution in [-0.2, 0) is 4.79 Å². The first-order valence-corrected chi connectivity index (χ1v) is 6.95. The maximum Gasteiger partial charge on any atom is 0.307 e. The molecule has 17 heavy (non-hydrogen) atoms. The summed E-state index contributed by atoms with van der Waals surface area (Å²) in [5.41, 5.74) is 2.47. The first kappa shape index (κ1) is 12.5. The average molecular weight is 251 g/mol. The molecule has 1 aliphatic rings. The Morgan fingerprint density at radius 1 is 1.53 bits per heavy atom. The normalized spacial score (nSPS) is 23.9. The van der Waals surface area contributed by atoms with Crippen LogP contribution >= 0.6 is 11.8 Å². The summed E-state index contributed by atoms with van der Waals surface area (Å²) >= 11 is 1.72. The van der Waals surface area contributed by atoms with Gasteiger partial charge in [0.25, 0.3) is 0 Å². The molecule has 2 atom stereocenters. The van der Waals surface area contributed by atoms with Crippen LogP contribution in [0.2, 0.25) is 0 Å². The van der Waals surface area contributed by atoms with Gasteiger partial charge in [0.2, 0.25) is 0 Å². The first-order chi connectivity index (χ1) is 8.11. The minimum absolute atomic E-state index is 0.180. The van der Waals surface area contributed by atoms with E-state index in [4.69, 9.17) is 5.11 Å².